The van der Waals surface area contributed by atoms with Crippen LogP contribution in [-0.2, 0) is 11.2 Å². The maximum Gasteiger partial charge on any atom is 0.123 e. The first-order valence-electron chi connectivity index (χ1n) is 5.09. The summed E-state index contributed by atoms with van der Waals surface area (Å²) in [5.74, 6) is 0.639. The predicted molar refractivity (Wildman–Crippen MR) is 59.6 cm³/mol. The number of nitrogens with one attached hydrogen (secondary N) is 1. The molecule has 2 rings (SSSR count). The third-order valence-electron chi connectivity index (χ3n) is 2.31. The molecule has 1 N–H and O–H groups in total. The van der Waals surface area contributed by atoms with E-state index in [9.17, 15) is 4.39 Å². The zero-order valence-electron chi connectivity index (χ0n) is 9.03. The molecule has 0 aliphatic rings. The van der Waals surface area contributed by atoms with Crippen LogP contribution in [0.15, 0.2) is 30.5 Å². The highest BCUT2D eigenvalue weighted by molar-refractivity contribution is 5.58. The molecule has 2 aromatic rings. The van der Waals surface area contributed by atoms with Crippen molar-refractivity contribution < 1.29 is 9.13 Å². The molecule has 1 aromatic carbocycles. The second-order valence-corrected chi connectivity index (χ2v) is 3.48. The Hall–Kier alpha value is -1.68. The minimum atomic E-state index is -0.237. The van der Waals surface area contributed by atoms with E-state index in [0.29, 0.717) is 6.61 Å². The fraction of sp³-hybridized carbons (Fsp3) is 0.250. The summed E-state index contributed by atoms with van der Waals surface area (Å²) >= 11 is 0. The van der Waals surface area contributed by atoms with Gasteiger partial charge < -0.3 is 9.72 Å². The van der Waals surface area contributed by atoms with Crippen LogP contribution in [0, 0.1) is 5.82 Å². The fourth-order valence-corrected chi connectivity index (χ4v) is 1.46. The highest BCUT2D eigenvalue weighted by Gasteiger charge is 2.03. The van der Waals surface area contributed by atoms with Gasteiger partial charge in [-0.05, 0) is 24.3 Å². The molecule has 0 bridgehead atoms. The van der Waals surface area contributed by atoms with Gasteiger partial charge >= 0.3 is 0 Å². The van der Waals surface area contributed by atoms with Crippen LogP contribution < -0.4 is 0 Å². The van der Waals surface area contributed by atoms with Crippen LogP contribution in [0.2, 0.25) is 0 Å². The second-order valence-electron chi connectivity index (χ2n) is 3.48. The first-order chi connectivity index (χ1) is 7.79. The van der Waals surface area contributed by atoms with Crippen molar-refractivity contribution in [1.29, 1.82) is 0 Å². The Morgan fingerprint density at radius 2 is 2.06 bits per heavy atom. The first kappa shape index (κ1) is 10.8. The Balaban J connectivity index is 2.15. The number of aromatic amines is 1. The number of hydrogen-bond acceptors (Lipinski definition) is 2. The number of benzene rings is 1. The SMILES string of the molecule is COCCc1nc(-c2ccc(F)cc2)c[nH]1. The van der Waals surface area contributed by atoms with Gasteiger partial charge in [0.2, 0.25) is 0 Å². The molecule has 0 unspecified atom stereocenters. The molecule has 0 spiro atoms. The lowest BCUT2D eigenvalue weighted by Gasteiger charge is -1.96. The number of ether oxygens (including phenoxy) is 1. The second kappa shape index (κ2) is 4.90. The molecule has 1 heterocycles. The molecular formula is C12H13FN2O. The van der Waals surface area contributed by atoms with Crippen molar-refractivity contribution >= 4 is 0 Å². The number of imidazole rings is 1. The van der Waals surface area contributed by atoms with E-state index < -0.39 is 0 Å². The normalized spacial score (nSPS) is 10.6. The standard InChI is InChI=1S/C12H13FN2O/c1-16-7-6-12-14-8-11(15-12)9-2-4-10(13)5-3-9/h2-5,8H,6-7H2,1H3,(H,14,15). The van der Waals surface area contributed by atoms with Crippen LogP contribution in [-0.4, -0.2) is 23.7 Å². The van der Waals surface area contributed by atoms with E-state index in [1.165, 1.54) is 12.1 Å². The maximum atomic E-state index is 12.7. The van der Waals surface area contributed by atoms with Gasteiger partial charge in [0.1, 0.15) is 11.6 Å². The van der Waals surface area contributed by atoms with Gasteiger partial charge in [-0.3, -0.25) is 0 Å². The lowest BCUT2D eigenvalue weighted by Crippen LogP contribution is -1.96. The van der Waals surface area contributed by atoms with Crippen LogP contribution in [0.4, 0.5) is 4.39 Å². The number of H-pyrrole nitrogens is 1. The molecule has 0 atom stereocenters. The molecule has 0 aliphatic heterocycles. The molecule has 3 nitrogen and oxygen atoms in total. The first-order valence-corrected chi connectivity index (χ1v) is 5.09. The lowest BCUT2D eigenvalue weighted by atomic mass is 10.2. The molecule has 16 heavy (non-hydrogen) atoms. The molecular weight excluding hydrogens is 207 g/mol. The quantitative estimate of drug-likeness (QED) is 0.859. The molecule has 4 heteroatoms. The summed E-state index contributed by atoms with van der Waals surface area (Å²) < 4.78 is 17.7. The van der Waals surface area contributed by atoms with Crippen molar-refractivity contribution in [3.8, 4) is 11.3 Å². The molecule has 0 saturated carbocycles. The number of halogens is 1. The van der Waals surface area contributed by atoms with Gasteiger partial charge in [-0.15, -0.1) is 0 Å². The summed E-state index contributed by atoms with van der Waals surface area (Å²) in [5, 5.41) is 0. The molecule has 0 aliphatic carbocycles. The Kier molecular flexibility index (Phi) is 3.31. The van der Waals surface area contributed by atoms with Crippen LogP contribution in [0.3, 0.4) is 0 Å². The van der Waals surface area contributed by atoms with Crippen LogP contribution in [0.5, 0.6) is 0 Å². The number of rotatable bonds is 4. The molecule has 0 fully saturated rings. The van der Waals surface area contributed by atoms with Crippen LogP contribution in [0.25, 0.3) is 11.3 Å². The molecule has 0 saturated heterocycles. The van der Waals surface area contributed by atoms with E-state index in [1.807, 2.05) is 6.20 Å². The zero-order valence-corrected chi connectivity index (χ0v) is 9.03. The zero-order chi connectivity index (χ0) is 11.4. The van der Waals surface area contributed by atoms with E-state index in [1.54, 1.807) is 19.2 Å². The Bertz CT molecular complexity index is 450. The summed E-state index contributed by atoms with van der Waals surface area (Å²) in [6.07, 6.45) is 2.57. The Morgan fingerprint density at radius 3 is 2.75 bits per heavy atom. The average molecular weight is 220 g/mol. The minimum Gasteiger partial charge on any atom is -0.384 e. The number of aromatic nitrogens is 2. The number of methoxy groups -OCH3 is 1. The minimum absolute atomic E-state index is 0.237. The lowest BCUT2D eigenvalue weighted by molar-refractivity contribution is 0.200. The smallest absolute Gasteiger partial charge is 0.123 e. The molecule has 84 valence electrons. The van der Waals surface area contributed by atoms with Gasteiger partial charge in [0.05, 0.1) is 12.3 Å². The van der Waals surface area contributed by atoms with E-state index in [0.717, 1.165) is 23.5 Å². The van der Waals surface area contributed by atoms with E-state index in [4.69, 9.17) is 4.74 Å². The Labute approximate surface area is 93.3 Å². The van der Waals surface area contributed by atoms with Gasteiger partial charge in [-0.2, -0.15) is 0 Å². The summed E-state index contributed by atoms with van der Waals surface area (Å²) in [4.78, 5) is 7.46. The van der Waals surface area contributed by atoms with Gasteiger partial charge in [-0.25, -0.2) is 9.37 Å². The van der Waals surface area contributed by atoms with Crippen molar-refractivity contribution in [3.63, 3.8) is 0 Å². The van der Waals surface area contributed by atoms with Gasteiger partial charge in [-0.1, -0.05) is 0 Å². The maximum absolute atomic E-state index is 12.7. The predicted octanol–water partition coefficient (Wildman–Crippen LogP) is 2.40. The average Bonchev–Trinajstić information content (AvgIpc) is 2.76. The van der Waals surface area contributed by atoms with E-state index in [2.05, 4.69) is 9.97 Å². The molecule has 0 amide bonds. The summed E-state index contributed by atoms with van der Waals surface area (Å²) in [6.45, 7) is 0.635. The van der Waals surface area contributed by atoms with Gasteiger partial charge in [0, 0.05) is 25.3 Å². The van der Waals surface area contributed by atoms with Gasteiger partial charge in [0.25, 0.3) is 0 Å². The molecule has 1 aromatic heterocycles. The van der Waals surface area contributed by atoms with Crippen molar-refractivity contribution in [2.45, 2.75) is 6.42 Å². The van der Waals surface area contributed by atoms with Crippen molar-refractivity contribution in [1.82, 2.24) is 9.97 Å². The van der Waals surface area contributed by atoms with Crippen LogP contribution >= 0.6 is 0 Å². The van der Waals surface area contributed by atoms with E-state index >= 15 is 0 Å². The van der Waals surface area contributed by atoms with Crippen molar-refractivity contribution in [3.05, 3.63) is 42.1 Å². The van der Waals surface area contributed by atoms with E-state index in [-0.39, 0.29) is 5.82 Å². The summed E-state index contributed by atoms with van der Waals surface area (Å²) in [5.41, 5.74) is 1.73. The topological polar surface area (TPSA) is 37.9 Å². The highest BCUT2D eigenvalue weighted by Crippen LogP contribution is 2.17. The third kappa shape index (κ3) is 2.46. The third-order valence-corrected chi connectivity index (χ3v) is 2.31. The Morgan fingerprint density at radius 1 is 1.31 bits per heavy atom. The fourth-order valence-electron chi connectivity index (χ4n) is 1.46. The number of hydrogen-bond donors (Lipinski definition) is 1. The summed E-state index contributed by atoms with van der Waals surface area (Å²) in [6, 6.07) is 6.29. The van der Waals surface area contributed by atoms with Crippen LogP contribution in [0.1, 0.15) is 5.82 Å². The monoisotopic (exact) mass is 220 g/mol. The van der Waals surface area contributed by atoms with Gasteiger partial charge in [0.15, 0.2) is 0 Å². The highest BCUT2D eigenvalue weighted by atomic mass is 19.1. The van der Waals surface area contributed by atoms with Crippen molar-refractivity contribution in [2.24, 2.45) is 0 Å². The largest absolute Gasteiger partial charge is 0.384 e. The number of nitrogens with zero attached hydrogens (tertiary/aromatic N) is 1. The molecule has 0 radical (unpaired) electrons. The summed E-state index contributed by atoms with van der Waals surface area (Å²) in [7, 11) is 1.66. The van der Waals surface area contributed by atoms with Crippen molar-refractivity contribution in [2.75, 3.05) is 13.7 Å².